The fraction of sp³-hybridized carbons (Fsp3) is 0.0400. The van der Waals surface area contributed by atoms with E-state index in [1.165, 1.54) is 5.56 Å². The molecule has 0 amide bonds. The topological polar surface area (TPSA) is 102 Å². The molecule has 0 unspecified atom stereocenters. The SMILES string of the molecule is CNc1ccc(Nc2ccc([NH+]=C3C=CC(=Nc4ccc(Nc5ccc(Nc6ccc([NH+]=C7C=CC(=[NH+]c8ccc(C)cc8)C=C7)cc6)cc5)cc4)C=C3)cc2)cc1. The van der Waals surface area contributed by atoms with Crippen LogP contribution in [0.3, 0.4) is 0 Å². The van der Waals surface area contributed by atoms with Crippen molar-refractivity contribution in [2.75, 3.05) is 28.3 Å². The number of hydrogen-bond acceptors (Lipinski definition) is 5. The second-order valence-corrected chi connectivity index (χ2v) is 14.0. The van der Waals surface area contributed by atoms with E-state index in [1.807, 2.05) is 67.7 Å². The molecule has 58 heavy (non-hydrogen) atoms. The lowest BCUT2D eigenvalue weighted by atomic mass is 10.1. The van der Waals surface area contributed by atoms with E-state index < -0.39 is 0 Å². The second-order valence-electron chi connectivity index (χ2n) is 14.0. The van der Waals surface area contributed by atoms with Gasteiger partial charge in [0.2, 0.25) is 34.2 Å². The van der Waals surface area contributed by atoms with Gasteiger partial charge in [0.15, 0.2) is 0 Å². The van der Waals surface area contributed by atoms with Crippen LogP contribution in [0.5, 0.6) is 0 Å². The molecule has 0 fully saturated rings. The number of aryl methyl sites for hydroxylation is 1. The second kappa shape index (κ2) is 17.7. The number of aliphatic imine (C=N–C) groups is 1. The maximum absolute atomic E-state index is 4.81. The molecular weight excluding hydrogens is 713 g/mol. The number of benzene rings is 6. The third-order valence-electron chi connectivity index (χ3n) is 9.49. The molecule has 8 heteroatoms. The van der Waals surface area contributed by atoms with Crippen molar-refractivity contribution in [3.63, 3.8) is 0 Å². The fourth-order valence-electron chi connectivity index (χ4n) is 6.29. The Morgan fingerprint density at radius 2 is 0.638 bits per heavy atom. The van der Waals surface area contributed by atoms with Crippen LogP contribution < -0.4 is 36.2 Å². The van der Waals surface area contributed by atoms with Crippen LogP contribution >= 0.6 is 0 Å². The van der Waals surface area contributed by atoms with Gasteiger partial charge in [0, 0.05) is 120 Å². The summed E-state index contributed by atoms with van der Waals surface area (Å²) in [5.41, 5.74) is 16.4. The van der Waals surface area contributed by atoms with Gasteiger partial charge in [-0.1, -0.05) is 17.7 Å². The van der Waals surface area contributed by atoms with Crippen molar-refractivity contribution in [3.05, 3.63) is 200 Å². The van der Waals surface area contributed by atoms with Crippen molar-refractivity contribution in [2.24, 2.45) is 4.99 Å². The highest BCUT2D eigenvalue weighted by molar-refractivity contribution is 6.17. The first-order valence-corrected chi connectivity index (χ1v) is 19.3. The molecule has 2 aliphatic carbocycles. The number of nitrogens with zero attached hydrogens (tertiary/aromatic N) is 1. The Labute approximate surface area is 339 Å². The third kappa shape index (κ3) is 10.3. The predicted octanol–water partition coefficient (Wildman–Crippen LogP) is 7.45. The summed E-state index contributed by atoms with van der Waals surface area (Å²) < 4.78 is 0. The first kappa shape index (κ1) is 37.1. The summed E-state index contributed by atoms with van der Waals surface area (Å²) in [7, 11) is 1.92. The first-order chi connectivity index (χ1) is 28.5. The molecule has 0 saturated heterocycles. The van der Waals surface area contributed by atoms with Crippen molar-refractivity contribution < 1.29 is 15.0 Å². The maximum atomic E-state index is 4.81. The van der Waals surface area contributed by atoms with Gasteiger partial charge in [0.05, 0.1) is 11.4 Å². The molecule has 0 aromatic heterocycles. The molecule has 2 aliphatic rings. The van der Waals surface area contributed by atoms with Crippen LogP contribution in [0.15, 0.2) is 199 Å². The summed E-state index contributed by atoms with van der Waals surface area (Å²) in [6.07, 6.45) is 16.4. The average Bonchev–Trinajstić information content (AvgIpc) is 3.26. The Morgan fingerprint density at radius 3 is 1.00 bits per heavy atom. The van der Waals surface area contributed by atoms with E-state index in [2.05, 4.69) is 177 Å². The molecule has 0 aliphatic heterocycles. The minimum absolute atomic E-state index is 0.889. The minimum atomic E-state index is 0.889. The monoisotopic (exact) mass is 757 g/mol. The highest BCUT2D eigenvalue weighted by atomic mass is 14.9. The molecule has 6 aromatic carbocycles. The van der Waals surface area contributed by atoms with Gasteiger partial charge in [-0.05, 0) is 116 Å². The standard InChI is InChI=1S/C50H42N8/c1-35-3-5-37(6-4-35)52-39-11-13-41(14-12-39)54-43-19-21-45(22-20-43)56-47-27-29-49(30-28-47)58-50-33-31-48(32-34-50)57-46-25-23-44(24-26-46)55-42-17-15-40(16-18-42)53-38-9-7-36(51-2)8-10-38/h3-34,51,53,56,58H,1-2H3/p+3. The van der Waals surface area contributed by atoms with Crippen LogP contribution in [0, 0.1) is 6.92 Å². The lowest BCUT2D eigenvalue weighted by molar-refractivity contribution is -0.353. The summed E-state index contributed by atoms with van der Waals surface area (Å²) in [6, 6.07) is 49.6. The van der Waals surface area contributed by atoms with Gasteiger partial charge in [0.1, 0.15) is 0 Å². The van der Waals surface area contributed by atoms with Crippen LogP contribution in [0.1, 0.15) is 5.56 Å². The lowest BCUT2D eigenvalue weighted by Crippen LogP contribution is -2.68. The molecule has 0 saturated carbocycles. The van der Waals surface area contributed by atoms with Crippen LogP contribution in [-0.4, -0.2) is 29.9 Å². The van der Waals surface area contributed by atoms with Crippen LogP contribution in [-0.2, 0) is 0 Å². The van der Waals surface area contributed by atoms with Crippen LogP contribution in [0.2, 0.25) is 0 Å². The Balaban J connectivity index is 0.798. The molecule has 0 atom stereocenters. The van der Waals surface area contributed by atoms with Crippen molar-refractivity contribution >= 4 is 85.4 Å². The third-order valence-corrected chi connectivity index (χ3v) is 9.49. The van der Waals surface area contributed by atoms with Gasteiger partial charge >= 0.3 is 0 Å². The highest BCUT2D eigenvalue weighted by Crippen LogP contribution is 2.24. The molecule has 6 aromatic rings. The Hall–Kier alpha value is -7.84. The van der Waals surface area contributed by atoms with Crippen molar-refractivity contribution in [1.29, 1.82) is 0 Å². The van der Waals surface area contributed by atoms with Gasteiger partial charge in [0.25, 0.3) is 0 Å². The van der Waals surface area contributed by atoms with Crippen LogP contribution in [0.4, 0.5) is 62.6 Å². The summed E-state index contributed by atoms with van der Waals surface area (Å²) in [6.45, 7) is 2.09. The highest BCUT2D eigenvalue weighted by Gasteiger charge is 2.10. The zero-order valence-electron chi connectivity index (χ0n) is 32.4. The van der Waals surface area contributed by atoms with E-state index in [9.17, 15) is 0 Å². The number of nitrogens with one attached hydrogen (secondary N) is 7. The Bertz CT molecular complexity index is 2570. The molecule has 8 rings (SSSR count). The van der Waals surface area contributed by atoms with Crippen molar-refractivity contribution in [3.8, 4) is 0 Å². The maximum Gasteiger partial charge on any atom is 0.204 e. The first-order valence-electron chi connectivity index (χ1n) is 19.3. The number of hydrogen-bond donors (Lipinski definition) is 7. The van der Waals surface area contributed by atoms with Crippen LogP contribution in [0.25, 0.3) is 0 Å². The molecule has 282 valence electrons. The smallest absolute Gasteiger partial charge is 0.204 e. The molecule has 0 radical (unpaired) electrons. The Kier molecular flexibility index (Phi) is 11.4. The quantitative estimate of drug-likeness (QED) is 0.0699. The summed E-state index contributed by atoms with van der Waals surface area (Å²) in [4.78, 5) is 15.2. The van der Waals surface area contributed by atoms with Gasteiger partial charge in [-0.25, -0.2) is 20.0 Å². The number of anilines is 7. The van der Waals surface area contributed by atoms with E-state index >= 15 is 0 Å². The van der Waals surface area contributed by atoms with Crippen molar-refractivity contribution in [2.45, 2.75) is 6.92 Å². The van der Waals surface area contributed by atoms with Gasteiger partial charge in [-0.2, -0.15) is 0 Å². The van der Waals surface area contributed by atoms with Crippen molar-refractivity contribution in [1.82, 2.24) is 0 Å². The average molecular weight is 758 g/mol. The molecular formula is C50H45N8+3. The zero-order chi connectivity index (χ0) is 39.5. The molecule has 7 N–H and O–H groups in total. The Morgan fingerprint density at radius 1 is 0.345 bits per heavy atom. The summed E-state index contributed by atoms with van der Waals surface area (Å²) in [5.74, 6) is 0. The number of rotatable bonds is 11. The summed E-state index contributed by atoms with van der Waals surface area (Å²) in [5, 5.41) is 13.6. The van der Waals surface area contributed by atoms with Gasteiger partial charge in [-0.3, -0.25) is 0 Å². The summed E-state index contributed by atoms with van der Waals surface area (Å²) >= 11 is 0. The molecule has 0 spiro atoms. The van der Waals surface area contributed by atoms with Gasteiger partial charge in [-0.15, -0.1) is 0 Å². The lowest BCUT2D eigenvalue weighted by Gasteiger charge is -2.10. The molecule has 0 heterocycles. The van der Waals surface area contributed by atoms with E-state index in [-0.39, 0.29) is 0 Å². The van der Waals surface area contributed by atoms with E-state index in [0.717, 1.165) is 85.4 Å². The largest absolute Gasteiger partial charge is 0.388 e. The van der Waals surface area contributed by atoms with E-state index in [0.29, 0.717) is 0 Å². The zero-order valence-corrected chi connectivity index (χ0v) is 32.4. The molecule has 0 bridgehead atoms. The van der Waals surface area contributed by atoms with Gasteiger partial charge < -0.3 is 21.3 Å². The minimum Gasteiger partial charge on any atom is -0.388 e. The number of allylic oxidation sites excluding steroid dienone is 8. The molecule has 8 nitrogen and oxygen atoms in total. The van der Waals surface area contributed by atoms with E-state index in [4.69, 9.17) is 4.99 Å². The predicted molar refractivity (Wildman–Crippen MR) is 243 cm³/mol. The fourth-order valence-corrected chi connectivity index (χ4v) is 6.29. The normalized spacial score (nSPS) is 12.9. The van der Waals surface area contributed by atoms with E-state index in [1.54, 1.807) is 0 Å².